The van der Waals surface area contributed by atoms with Crippen LogP contribution in [0.5, 0.6) is 11.5 Å². The van der Waals surface area contributed by atoms with Crippen molar-refractivity contribution in [2.45, 2.75) is 16.7 Å². The monoisotopic (exact) mass is 491 g/mol. The highest BCUT2D eigenvalue weighted by Crippen LogP contribution is 2.37. The standard InChI is InChI=1S/C21H20N2O8S2/c1-3-31-15-9-11-21(19(13-15)23(24)25)33(28,29)22-18-10-8-14(30-2)12-17(18)16-6-4-5-7-20(16)32(26)27/h4-13,22H,3H2,1-2H3,(H,26,27)/p-1. The van der Waals surface area contributed by atoms with Crippen molar-refractivity contribution in [3.63, 3.8) is 0 Å². The molecule has 0 heterocycles. The van der Waals surface area contributed by atoms with E-state index in [1.54, 1.807) is 13.0 Å². The van der Waals surface area contributed by atoms with Gasteiger partial charge in [0.05, 0.1) is 30.4 Å². The molecule has 1 unspecified atom stereocenters. The van der Waals surface area contributed by atoms with E-state index in [4.69, 9.17) is 9.47 Å². The van der Waals surface area contributed by atoms with E-state index in [9.17, 15) is 27.3 Å². The Morgan fingerprint density at radius 2 is 1.73 bits per heavy atom. The van der Waals surface area contributed by atoms with Crippen LogP contribution < -0.4 is 14.2 Å². The van der Waals surface area contributed by atoms with Gasteiger partial charge in [-0.05, 0) is 60.0 Å². The lowest BCUT2D eigenvalue weighted by Gasteiger charge is -2.17. The summed E-state index contributed by atoms with van der Waals surface area (Å²) >= 11 is -2.60. The Balaban J connectivity index is 2.15. The van der Waals surface area contributed by atoms with Gasteiger partial charge in [-0.25, -0.2) is 8.42 Å². The van der Waals surface area contributed by atoms with Gasteiger partial charge in [0.1, 0.15) is 11.5 Å². The van der Waals surface area contributed by atoms with Crippen molar-refractivity contribution in [1.29, 1.82) is 0 Å². The number of rotatable bonds is 9. The van der Waals surface area contributed by atoms with Crippen molar-refractivity contribution < 1.29 is 31.6 Å². The van der Waals surface area contributed by atoms with E-state index in [0.29, 0.717) is 5.75 Å². The second kappa shape index (κ2) is 9.98. The second-order valence-corrected chi connectivity index (χ2v) is 9.13. The second-order valence-electron chi connectivity index (χ2n) is 6.57. The maximum Gasteiger partial charge on any atom is 0.293 e. The Morgan fingerprint density at radius 1 is 1.03 bits per heavy atom. The summed E-state index contributed by atoms with van der Waals surface area (Å²) < 4.78 is 62.5. The average Bonchev–Trinajstić information content (AvgIpc) is 2.79. The Kier molecular flexibility index (Phi) is 7.31. The molecular weight excluding hydrogens is 472 g/mol. The fourth-order valence-electron chi connectivity index (χ4n) is 3.12. The molecule has 0 spiro atoms. The first-order valence-corrected chi connectivity index (χ1v) is 12.0. The third kappa shape index (κ3) is 5.30. The molecule has 1 N–H and O–H groups in total. The minimum Gasteiger partial charge on any atom is -0.768 e. The largest absolute Gasteiger partial charge is 0.768 e. The van der Waals surface area contributed by atoms with Crippen molar-refractivity contribution in [2.24, 2.45) is 0 Å². The molecule has 0 fully saturated rings. The number of nitro benzene ring substituents is 1. The lowest BCUT2D eigenvalue weighted by atomic mass is 10.0. The van der Waals surface area contributed by atoms with Crippen LogP contribution in [-0.4, -0.2) is 35.8 Å². The predicted octanol–water partition coefficient (Wildman–Crippen LogP) is 3.71. The van der Waals surface area contributed by atoms with Gasteiger partial charge in [-0.2, -0.15) is 0 Å². The number of sulfonamides is 1. The first-order chi connectivity index (χ1) is 15.7. The van der Waals surface area contributed by atoms with Crippen molar-refractivity contribution >= 4 is 32.5 Å². The van der Waals surface area contributed by atoms with Crippen molar-refractivity contribution in [3.05, 3.63) is 70.8 Å². The van der Waals surface area contributed by atoms with E-state index in [1.165, 1.54) is 49.6 Å². The lowest BCUT2D eigenvalue weighted by molar-refractivity contribution is -0.387. The van der Waals surface area contributed by atoms with Crippen molar-refractivity contribution in [1.82, 2.24) is 0 Å². The molecule has 12 heteroatoms. The summed E-state index contributed by atoms with van der Waals surface area (Å²) in [6, 6.07) is 13.8. The highest BCUT2D eigenvalue weighted by Gasteiger charge is 2.28. The van der Waals surface area contributed by atoms with E-state index >= 15 is 0 Å². The van der Waals surface area contributed by atoms with Crippen molar-refractivity contribution in [3.8, 4) is 22.6 Å². The Morgan fingerprint density at radius 3 is 2.36 bits per heavy atom. The van der Waals surface area contributed by atoms with Crippen LogP contribution in [0.25, 0.3) is 11.1 Å². The topological polar surface area (TPSA) is 148 Å². The molecule has 33 heavy (non-hydrogen) atoms. The fraction of sp³-hybridized carbons (Fsp3) is 0.143. The van der Waals surface area contributed by atoms with Crippen LogP contribution in [0.4, 0.5) is 11.4 Å². The van der Waals surface area contributed by atoms with Gasteiger partial charge in [0.15, 0.2) is 4.90 Å². The molecule has 0 bridgehead atoms. The normalized spacial score (nSPS) is 12.1. The third-order valence-corrected chi connectivity index (χ3v) is 6.68. The van der Waals surface area contributed by atoms with Gasteiger partial charge in [-0.1, -0.05) is 18.2 Å². The van der Waals surface area contributed by atoms with E-state index in [0.717, 1.165) is 12.1 Å². The molecule has 3 aromatic rings. The van der Waals surface area contributed by atoms with Gasteiger partial charge < -0.3 is 14.0 Å². The summed E-state index contributed by atoms with van der Waals surface area (Å²) in [5.74, 6) is 0.506. The SMILES string of the molecule is CCOc1ccc(S(=O)(=O)Nc2ccc(OC)cc2-c2ccccc2S(=O)[O-])c([N+](=O)[O-])c1. The predicted molar refractivity (Wildman–Crippen MR) is 121 cm³/mol. The van der Waals surface area contributed by atoms with Crippen LogP contribution in [0.1, 0.15) is 6.92 Å². The zero-order chi connectivity index (χ0) is 24.2. The van der Waals surface area contributed by atoms with E-state index in [1.807, 2.05) is 0 Å². The van der Waals surface area contributed by atoms with Gasteiger partial charge in [0.2, 0.25) is 0 Å². The van der Waals surface area contributed by atoms with Gasteiger partial charge in [0.25, 0.3) is 15.7 Å². The van der Waals surface area contributed by atoms with Gasteiger partial charge >= 0.3 is 0 Å². The number of benzene rings is 3. The van der Waals surface area contributed by atoms with Crippen LogP contribution in [0.15, 0.2) is 70.5 Å². The molecule has 3 aromatic carbocycles. The molecule has 1 atom stereocenters. The molecule has 0 saturated carbocycles. The Labute approximate surface area is 192 Å². The Hall–Kier alpha value is -3.48. The zero-order valence-corrected chi connectivity index (χ0v) is 19.1. The number of methoxy groups -OCH3 is 1. The molecule has 0 aliphatic carbocycles. The molecule has 174 valence electrons. The summed E-state index contributed by atoms with van der Waals surface area (Å²) in [5, 5.41) is 11.5. The summed E-state index contributed by atoms with van der Waals surface area (Å²) in [6.07, 6.45) is 0. The number of ether oxygens (including phenoxy) is 2. The molecular formula is C21H19N2O8S2-. The maximum absolute atomic E-state index is 13.1. The van der Waals surface area contributed by atoms with Crippen LogP contribution in [0, 0.1) is 10.1 Å². The van der Waals surface area contributed by atoms with E-state index in [-0.39, 0.29) is 34.1 Å². The number of anilines is 1. The highest BCUT2D eigenvalue weighted by atomic mass is 32.2. The summed E-state index contributed by atoms with van der Waals surface area (Å²) in [6.45, 7) is 1.94. The zero-order valence-electron chi connectivity index (χ0n) is 17.5. The molecule has 0 aliphatic rings. The van der Waals surface area contributed by atoms with Crippen LogP contribution in [0.3, 0.4) is 0 Å². The molecule has 3 rings (SSSR count). The minimum absolute atomic E-state index is 0.0110. The van der Waals surface area contributed by atoms with Gasteiger partial charge in [-0.3, -0.25) is 19.0 Å². The molecule has 10 nitrogen and oxygen atoms in total. The van der Waals surface area contributed by atoms with Crippen molar-refractivity contribution in [2.75, 3.05) is 18.4 Å². The number of hydrogen-bond donors (Lipinski definition) is 1. The summed E-state index contributed by atoms with van der Waals surface area (Å²) in [5.41, 5.74) is -0.212. The number of nitrogens with zero attached hydrogens (tertiary/aromatic N) is 1. The first-order valence-electron chi connectivity index (χ1n) is 9.48. The first kappa shape index (κ1) is 24.2. The number of hydrogen-bond acceptors (Lipinski definition) is 8. The molecule has 0 saturated heterocycles. The van der Waals surface area contributed by atoms with Crippen LogP contribution in [0.2, 0.25) is 0 Å². The van der Waals surface area contributed by atoms with Gasteiger partial charge in [0, 0.05) is 10.5 Å². The number of nitrogens with one attached hydrogen (secondary N) is 1. The number of nitro groups is 1. The summed E-state index contributed by atoms with van der Waals surface area (Å²) in [4.78, 5) is 10.1. The Bertz CT molecular complexity index is 1330. The highest BCUT2D eigenvalue weighted by molar-refractivity contribution is 7.92. The molecule has 0 amide bonds. The smallest absolute Gasteiger partial charge is 0.293 e. The fourth-order valence-corrected chi connectivity index (χ4v) is 4.90. The quantitative estimate of drug-likeness (QED) is 0.271. The van der Waals surface area contributed by atoms with Crippen LogP contribution in [-0.2, 0) is 21.1 Å². The average molecular weight is 492 g/mol. The third-order valence-electron chi connectivity index (χ3n) is 4.56. The summed E-state index contributed by atoms with van der Waals surface area (Å²) in [7, 11) is -3.04. The molecule has 0 aromatic heterocycles. The lowest BCUT2D eigenvalue weighted by Crippen LogP contribution is -2.15. The van der Waals surface area contributed by atoms with Crippen LogP contribution >= 0.6 is 0 Å². The maximum atomic E-state index is 13.1. The molecule has 0 aliphatic heterocycles. The van der Waals surface area contributed by atoms with E-state index < -0.39 is 36.6 Å². The minimum atomic E-state index is -4.45. The molecule has 0 radical (unpaired) electrons. The van der Waals surface area contributed by atoms with Gasteiger partial charge in [-0.15, -0.1) is 0 Å². The van der Waals surface area contributed by atoms with E-state index in [2.05, 4.69) is 4.72 Å².